The van der Waals surface area contributed by atoms with Crippen LogP contribution in [0.4, 0.5) is 11.5 Å². The summed E-state index contributed by atoms with van der Waals surface area (Å²) < 4.78 is 6.12. The molecule has 0 fully saturated rings. The van der Waals surface area contributed by atoms with Crippen LogP contribution in [0.15, 0.2) is 28.7 Å². The topological polar surface area (TPSA) is 47.0 Å². The van der Waals surface area contributed by atoms with Gasteiger partial charge in [-0.2, -0.15) is 0 Å². The van der Waals surface area contributed by atoms with Gasteiger partial charge in [0.15, 0.2) is 5.82 Å². The van der Waals surface area contributed by atoms with Crippen molar-refractivity contribution in [1.82, 2.24) is 9.97 Å². The van der Waals surface area contributed by atoms with E-state index in [4.69, 9.17) is 27.9 Å². The first-order valence-corrected chi connectivity index (χ1v) is 7.46. The van der Waals surface area contributed by atoms with E-state index in [-0.39, 0.29) is 0 Å². The molecule has 106 valence electrons. The van der Waals surface area contributed by atoms with E-state index in [0.717, 1.165) is 10.2 Å². The molecule has 7 heteroatoms. The van der Waals surface area contributed by atoms with Crippen molar-refractivity contribution in [2.75, 3.05) is 11.9 Å². The van der Waals surface area contributed by atoms with E-state index in [9.17, 15) is 0 Å². The SMILES string of the molecule is CCOCc1nc(Cl)cc(Nc2ccc(Cl)cc2Br)n1. The zero-order valence-corrected chi connectivity index (χ0v) is 13.8. The quantitative estimate of drug-likeness (QED) is 0.759. The lowest BCUT2D eigenvalue weighted by atomic mass is 10.3. The summed E-state index contributed by atoms with van der Waals surface area (Å²) in [6, 6.07) is 7.09. The highest BCUT2D eigenvalue weighted by Gasteiger charge is 2.06. The van der Waals surface area contributed by atoms with Gasteiger partial charge in [-0.25, -0.2) is 9.97 Å². The van der Waals surface area contributed by atoms with Gasteiger partial charge < -0.3 is 10.1 Å². The molecule has 0 bridgehead atoms. The van der Waals surface area contributed by atoms with Crippen molar-refractivity contribution in [1.29, 1.82) is 0 Å². The minimum absolute atomic E-state index is 0.327. The van der Waals surface area contributed by atoms with Gasteiger partial charge in [0, 0.05) is 22.2 Å². The van der Waals surface area contributed by atoms with Crippen LogP contribution in [-0.4, -0.2) is 16.6 Å². The number of hydrogen-bond donors (Lipinski definition) is 1. The van der Waals surface area contributed by atoms with Crippen molar-refractivity contribution < 1.29 is 4.74 Å². The molecule has 0 aliphatic rings. The Kier molecular flexibility index (Phi) is 5.60. The van der Waals surface area contributed by atoms with Crippen LogP contribution >= 0.6 is 39.1 Å². The Bertz CT molecular complexity index is 610. The van der Waals surface area contributed by atoms with E-state index < -0.39 is 0 Å². The van der Waals surface area contributed by atoms with E-state index in [1.165, 1.54) is 0 Å². The fourth-order valence-corrected chi connectivity index (χ4v) is 2.50. The summed E-state index contributed by atoms with van der Waals surface area (Å²) >= 11 is 15.3. The number of anilines is 2. The zero-order chi connectivity index (χ0) is 14.5. The fourth-order valence-electron chi connectivity index (χ4n) is 1.52. The van der Waals surface area contributed by atoms with Crippen LogP contribution in [-0.2, 0) is 11.3 Å². The first kappa shape index (κ1) is 15.5. The van der Waals surface area contributed by atoms with E-state index in [2.05, 4.69) is 31.2 Å². The summed E-state index contributed by atoms with van der Waals surface area (Å²) in [5.74, 6) is 1.13. The molecule has 0 saturated heterocycles. The van der Waals surface area contributed by atoms with Crippen LogP contribution in [0.25, 0.3) is 0 Å². The van der Waals surface area contributed by atoms with Crippen LogP contribution in [0.5, 0.6) is 0 Å². The van der Waals surface area contributed by atoms with Gasteiger partial charge >= 0.3 is 0 Å². The minimum Gasteiger partial charge on any atom is -0.374 e. The Morgan fingerprint density at radius 2 is 2.05 bits per heavy atom. The van der Waals surface area contributed by atoms with Gasteiger partial charge in [0.1, 0.15) is 17.6 Å². The Hall–Kier alpha value is -0.880. The smallest absolute Gasteiger partial charge is 0.158 e. The largest absolute Gasteiger partial charge is 0.374 e. The van der Waals surface area contributed by atoms with Crippen molar-refractivity contribution in [3.8, 4) is 0 Å². The van der Waals surface area contributed by atoms with Gasteiger partial charge in [0.25, 0.3) is 0 Å². The van der Waals surface area contributed by atoms with Crippen LogP contribution in [0.1, 0.15) is 12.7 Å². The highest BCUT2D eigenvalue weighted by molar-refractivity contribution is 9.10. The molecule has 0 spiro atoms. The third kappa shape index (κ3) is 4.31. The monoisotopic (exact) mass is 375 g/mol. The van der Waals surface area contributed by atoms with Gasteiger partial charge in [-0.3, -0.25) is 0 Å². The van der Waals surface area contributed by atoms with Crippen molar-refractivity contribution in [2.24, 2.45) is 0 Å². The molecule has 1 N–H and O–H groups in total. The lowest BCUT2D eigenvalue weighted by Gasteiger charge is -2.10. The summed E-state index contributed by atoms with van der Waals surface area (Å²) in [5.41, 5.74) is 0.839. The molecule has 0 radical (unpaired) electrons. The molecule has 2 aromatic rings. The minimum atomic E-state index is 0.327. The van der Waals surface area contributed by atoms with Crippen molar-refractivity contribution in [3.63, 3.8) is 0 Å². The lowest BCUT2D eigenvalue weighted by Crippen LogP contribution is -2.03. The molecular formula is C13H12BrCl2N3O. The normalized spacial score (nSPS) is 10.6. The van der Waals surface area contributed by atoms with Crippen molar-refractivity contribution in [2.45, 2.75) is 13.5 Å². The molecule has 2 rings (SSSR count). The van der Waals surface area contributed by atoms with E-state index in [0.29, 0.717) is 35.0 Å². The van der Waals surface area contributed by atoms with Gasteiger partial charge in [-0.15, -0.1) is 0 Å². The summed E-state index contributed by atoms with van der Waals surface area (Å²) in [6.45, 7) is 2.84. The average Bonchev–Trinajstić information content (AvgIpc) is 2.39. The molecule has 1 aromatic carbocycles. The molecule has 4 nitrogen and oxygen atoms in total. The van der Waals surface area contributed by atoms with Crippen LogP contribution < -0.4 is 5.32 Å². The Balaban J connectivity index is 2.21. The number of rotatable bonds is 5. The standard InChI is InChI=1S/C13H12BrCl2N3O/c1-2-20-7-13-18-11(16)6-12(19-13)17-10-4-3-8(15)5-9(10)14/h3-6H,2,7H2,1H3,(H,17,18,19). The van der Waals surface area contributed by atoms with E-state index in [1.54, 1.807) is 18.2 Å². The maximum atomic E-state index is 5.98. The molecule has 20 heavy (non-hydrogen) atoms. The lowest BCUT2D eigenvalue weighted by molar-refractivity contribution is 0.128. The molecule has 1 aromatic heterocycles. The number of halogens is 3. The second-order valence-electron chi connectivity index (χ2n) is 3.88. The van der Waals surface area contributed by atoms with Gasteiger partial charge in [0.05, 0.1) is 5.69 Å². The number of nitrogens with one attached hydrogen (secondary N) is 1. The van der Waals surface area contributed by atoms with Gasteiger partial charge in [-0.1, -0.05) is 23.2 Å². The summed E-state index contributed by atoms with van der Waals surface area (Å²) in [5, 5.41) is 4.18. The maximum absolute atomic E-state index is 5.98. The second kappa shape index (κ2) is 7.22. The van der Waals surface area contributed by atoms with Gasteiger partial charge in [0.2, 0.25) is 0 Å². The Morgan fingerprint density at radius 3 is 2.75 bits per heavy atom. The molecule has 0 aliphatic carbocycles. The summed E-state index contributed by atoms with van der Waals surface area (Å²) in [4.78, 5) is 8.45. The third-order valence-corrected chi connectivity index (χ3v) is 3.46. The van der Waals surface area contributed by atoms with Gasteiger partial charge in [-0.05, 0) is 41.1 Å². The number of aromatic nitrogens is 2. The Labute approximate surface area is 135 Å². The predicted molar refractivity (Wildman–Crippen MR) is 84.8 cm³/mol. The van der Waals surface area contributed by atoms with Crippen LogP contribution in [0, 0.1) is 0 Å². The number of hydrogen-bond acceptors (Lipinski definition) is 4. The second-order valence-corrected chi connectivity index (χ2v) is 5.56. The van der Waals surface area contributed by atoms with Crippen molar-refractivity contribution in [3.05, 3.63) is 44.7 Å². The summed E-state index contributed by atoms with van der Waals surface area (Å²) in [6.07, 6.45) is 0. The van der Waals surface area contributed by atoms with Crippen LogP contribution in [0.3, 0.4) is 0 Å². The predicted octanol–water partition coefficient (Wildman–Crippen LogP) is 4.83. The van der Waals surface area contributed by atoms with Crippen molar-refractivity contribution >= 4 is 50.6 Å². The van der Waals surface area contributed by atoms with Crippen LogP contribution in [0.2, 0.25) is 10.2 Å². The molecule has 0 aliphatic heterocycles. The fraction of sp³-hybridized carbons (Fsp3) is 0.231. The Morgan fingerprint density at radius 1 is 1.25 bits per heavy atom. The molecule has 0 amide bonds. The zero-order valence-electron chi connectivity index (χ0n) is 10.7. The third-order valence-electron chi connectivity index (χ3n) is 2.37. The number of nitrogens with zero attached hydrogens (tertiary/aromatic N) is 2. The van der Waals surface area contributed by atoms with E-state index in [1.807, 2.05) is 13.0 Å². The number of ether oxygens (including phenoxy) is 1. The highest BCUT2D eigenvalue weighted by Crippen LogP contribution is 2.28. The number of benzene rings is 1. The van der Waals surface area contributed by atoms with E-state index >= 15 is 0 Å². The highest BCUT2D eigenvalue weighted by atomic mass is 79.9. The average molecular weight is 377 g/mol. The molecule has 0 atom stereocenters. The summed E-state index contributed by atoms with van der Waals surface area (Å²) in [7, 11) is 0. The molecule has 1 heterocycles. The molecular weight excluding hydrogens is 365 g/mol. The maximum Gasteiger partial charge on any atom is 0.158 e. The first-order chi connectivity index (χ1) is 9.58. The molecule has 0 unspecified atom stereocenters. The first-order valence-electron chi connectivity index (χ1n) is 5.91. The molecule has 0 saturated carbocycles.